The van der Waals surface area contributed by atoms with Crippen LogP contribution >= 0.6 is 33.9 Å². The number of methoxy groups -OCH3 is 1. The maximum absolute atomic E-state index is 5.20. The molecular weight excluding hydrogens is 309 g/mol. The standard InChI is InChI=1S/C10H16INOS/c1-3-4-12-9(6-13-2)8-5-10(11)14-7-8/h5,7,9,12H,3-4,6H2,1-2H3. The summed E-state index contributed by atoms with van der Waals surface area (Å²) >= 11 is 4.13. The molecule has 0 aliphatic heterocycles. The minimum atomic E-state index is 0.347. The summed E-state index contributed by atoms with van der Waals surface area (Å²) in [7, 11) is 1.75. The maximum Gasteiger partial charge on any atom is 0.0657 e. The van der Waals surface area contributed by atoms with Crippen LogP contribution in [0.15, 0.2) is 11.4 Å². The molecule has 0 aromatic carbocycles. The second-order valence-electron chi connectivity index (χ2n) is 3.15. The van der Waals surface area contributed by atoms with Gasteiger partial charge in [0.05, 0.1) is 15.5 Å². The Morgan fingerprint density at radius 2 is 2.43 bits per heavy atom. The van der Waals surface area contributed by atoms with Gasteiger partial charge in [0.25, 0.3) is 0 Å². The van der Waals surface area contributed by atoms with Gasteiger partial charge in [-0.15, -0.1) is 11.3 Å². The molecule has 0 spiro atoms. The molecule has 0 aliphatic rings. The second kappa shape index (κ2) is 6.76. The van der Waals surface area contributed by atoms with Crippen molar-refractivity contribution in [1.29, 1.82) is 0 Å². The monoisotopic (exact) mass is 325 g/mol. The Labute approximate surface area is 103 Å². The molecule has 0 aliphatic carbocycles. The molecule has 2 nitrogen and oxygen atoms in total. The first-order valence-electron chi connectivity index (χ1n) is 4.74. The Hall–Kier alpha value is 0.350. The van der Waals surface area contributed by atoms with E-state index in [-0.39, 0.29) is 0 Å². The Balaban J connectivity index is 2.57. The van der Waals surface area contributed by atoms with Crippen molar-refractivity contribution in [2.24, 2.45) is 0 Å². The number of ether oxygens (including phenoxy) is 1. The van der Waals surface area contributed by atoms with E-state index < -0.39 is 0 Å². The Kier molecular flexibility index (Phi) is 6.00. The van der Waals surface area contributed by atoms with E-state index >= 15 is 0 Å². The lowest BCUT2D eigenvalue weighted by Crippen LogP contribution is -2.25. The number of hydrogen-bond acceptors (Lipinski definition) is 3. The normalized spacial score (nSPS) is 13.1. The topological polar surface area (TPSA) is 21.3 Å². The highest BCUT2D eigenvalue weighted by atomic mass is 127. The van der Waals surface area contributed by atoms with Gasteiger partial charge in [0.2, 0.25) is 0 Å². The van der Waals surface area contributed by atoms with Crippen molar-refractivity contribution in [2.75, 3.05) is 20.3 Å². The molecule has 0 saturated carbocycles. The fourth-order valence-electron chi connectivity index (χ4n) is 1.26. The van der Waals surface area contributed by atoms with Gasteiger partial charge in [-0.1, -0.05) is 6.92 Å². The Bertz CT molecular complexity index is 264. The number of halogens is 1. The number of nitrogens with one attached hydrogen (secondary N) is 1. The molecule has 1 N–H and O–H groups in total. The average molecular weight is 325 g/mol. The van der Waals surface area contributed by atoms with Crippen LogP contribution in [0.5, 0.6) is 0 Å². The lowest BCUT2D eigenvalue weighted by atomic mass is 10.1. The smallest absolute Gasteiger partial charge is 0.0657 e. The van der Waals surface area contributed by atoms with Crippen LogP contribution in [0.25, 0.3) is 0 Å². The average Bonchev–Trinajstić information content (AvgIpc) is 2.59. The van der Waals surface area contributed by atoms with Crippen molar-refractivity contribution in [3.8, 4) is 0 Å². The van der Waals surface area contributed by atoms with Gasteiger partial charge in [-0.25, -0.2) is 0 Å². The highest BCUT2D eigenvalue weighted by Gasteiger charge is 2.11. The second-order valence-corrected chi connectivity index (χ2v) is 5.95. The van der Waals surface area contributed by atoms with Gasteiger partial charge in [0.1, 0.15) is 0 Å². The predicted octanol–water partition coefficient (Wildman–Crippen LogP) is 3.04. The van der Waals surface area contributed by atoms with Crippen LogP contribution in [-0.4, -0.2) is 20.3 Å². The highest BCUT2D eigenvalue weighted by Crippen LogP contribution is 2.22. The number of hydrogen-bond donors (Lipinski definition) is 1. The van der Waals surface area contributed by atoms with E-state index in [1.807, 2.05) is 0 Å². The fourth-order valence-corrected chi connectivity index (χ4v) is 2.69. The Morgan fingerprint density at radius 1 is 1.64 bits per heavy atom. The lowest BCUT2D eigenvalue weighted by Gasteiger charge is -2.16. The SMILES string of the molecule is CCCNC(COC)c1csc(I)c1. The first kappa shape index (κ1) is 12.4. The van der Waals surface area contributed by atoms with Crippen molar-refractivity contribution in [1.82, 2.24) is 5.32 Å². The molecule has 0 amide bonds. The predicted molar refractivity (Wildman–Crippen MR) is 69.9 cm³/mol. The van der Waals surface area contributed by atoms with Gasteiger partial charge in [-0.2, -0.15) is 0 Å². The molecule has 4 heteroatoms. The molecule has 0 saturated heterocycles. The van der Waals surface area contributed by atoms with Crippen LogP contribution in [0.3, 0.4) is 0 Å². The largest absolute Gasteiger partial charge is 0.383 e. The third kappa shape index (κ3) is 3.84. The quantitative estimate of drug-likeness (QED) is 0.812. The zero-order chi connectivity index (χ0) is 10.4. The fraction of sp³-hybridized carbons (Fsp3) is 0.600. The van der Waals surface area contributed by atoms with Crippen molar-refractivity contribution in [2.45, 2.75) is 19.4 Å². The molecule has 1 unspecified atom stereocenters. The van der Waals surface area contributed by atoms with E-state index in [0.717, 1.165) is 19.6 Å². The van der Waals surface area contributed by atoms with Crippen molar-refractivity contribution in [3.05, 3.63) is 19.9 Å². The van der Waals surface area contributed by atoms with E-state index in [1.165, 1.54) is 8.45 Å². The molecule has 80 valence electrons. The zero-order valence-electron chi connectivity index (χ0n) is 8.55. The van der Waals surface area contributed by atoms with Crippen molar-refractivity contribution < 1.29 is 4.74 Å². The zero-order valence-corrected chi connectivity index (χ0v) is 11.5. The summed E-state index contributed by atoms with van der Waals surface area (Å²) in [5.41, 5.74) is 1.34. The summed E-state index contributed by atoms with van der Waals surface area (Å²) in [4.78, 5) is 0. The molecular formula is C10H16INOS. The number of rotatable bonds is 6. The third-order valence-electron chi connectivity index (χ3n) is 1.96. The summed E-state index contributed by atoms with van der Waals surface area (Å²) in [6.07, 6.45) is 1.15. The summed E-state index contributed by atoms with van der Waals surface area (Å²) in [5, 5.41) is 5.68. The minimum Gasteiger partial charge on any atom is -0.383 e. The maximum atomic E-state index is 5.20. The van der Waals surface area contributed by atoms with Crippen LogP contribution in [0.2, 0.25) is 0 Å². The van der Waals surface area contributed by atoms with E-state index in [4.69, 9.17) is 4.74 Å². The van der Waals surface area contributed by atoms with Crippen molar-refractivity contribution in [3.63, 3.8) is 0 Å². The van der Waals surface area contributed by atoms with Crippen molar-refractivity contribution >= 4 is 33.9 Å². The van der Waals surface area contributed by atoms with E-state index in [9.17, 15) is 0 Å². The van der Waals surface area contributed by atoms with Crippen LogP contribution in [0.4, 0.5) is 0 Å². The molecule has 0 fully saturated rings. The van der Waals surface area contributed by atoms with Gasteiger partial charge in [-0.05, 0) is 52.6 Å². The van der Waals surface area contributed by atoms with E-state index in [2.05, 4.69) is 46.3 Å². The molecule has 1 aromatic rings. The van der Waals surface area contributed by atoms with Crippen LogP contribution in [0, 0.1) is 2.88 Å². The summed E-state index contributed by atoms with van der Waals surface area (Å²) < 4.78 is 6.53. The van der Waals surface area contributed by atoms with E-state index in [1.54, 1.807) is 18.4 Å². The molecule has 1 heterocycles. The first-order chi connectivity index (χ1) is 6.77. The molecule has 0 bridgehead atoms. The van der Waals surface area contributed by atoms with Gasteiger partial charge >= 0.3 is 0 Å². The van der Waals surface area contributed by atoms with Gasteiger partial charge < -0.3 is 10.1 Å². The molecule has 1 aromatic heterocycles. The minimum absolute atomic E-state index is 0.347. The van der Waals surface area contributed by atoms with Gasteiger partial charge in [-0.3, -0.25) is 0 Å². The van der Waals surface area contributed by atoms with Crippen LogP contribution in [0.1, 0.15) is 24.9 Å². The molecule has 14 heavy (non-hydrogen) atoms. The summed E-state index contributed by atoms with van der Waals surface area (Å²) in [6.45, 7) is 3.96. The summed E-state index contributed by atoms with van der Waals surface area (Å²) in [5.74, 6) is 0. The van der Waals surface area contributed by atoms with Crippen LogP contribution in [-0.2, 0) is 4.74 Å². The molecule has 0 radical (unpaired) electrons. The summed E-state index contributed by atoms with van der Waals surface area (Å²) in [6, 6.07) is 2.57. The molecule has 1 rings (SSSR count). The highest BCUT2D eigenvalue weighted by molar-refractivity contribution is 14.1. The van der Waals surface area contributed by atoms with Crippen LogP contribution < -0.4 is 5.32 Å². The Morgan fingerprint density at radius 3 is 2.93 bits per heavy atom. The van der Waals surface area contributed by atoms with E-state index in [0.29, 0.717) is 6.04 Å². The molecule has 1 atom stereocenters. The first-order valence-corrected chi connectivity index (χ1v) is 6.70. The van der Waals surface area contributed by atoms with Gasteiger partial charge in [0, 0.05) is 7.11 Å². The number of thiophene rings is 1. The lowest BCUT2D eigenvalue weighted by molar-refractivity contribution is 0.167. The third-order valence-corrected chi connectivity index (χ3v) is 3.77. The van der Waals surface area contributed by atoms with Gasteiger partial charge in [0.15, 0.2) is 0 Å².